The van der Waals surface area contributed by atoms with Gasteiger partial charge in [0.1, 0.15) is 5.82 Å². The van der Waals surface area contributed by atoms with Gasteiger partial charge in [-0.1, -0.05) is 30.0 Å². The molecule has 1 nitrogen and oxygen atoms in total. The van der Waals surface area contributed by atoms with Crippen LogP contribution in [0.5, 0.6) is 0 Å². The summed E-state index contributed by atoms with van der Waals surface area (Å²) < 4.78 is 14.3. The number of ketones is 1. The summed E-state index contributed by atoms with van der Waals surface area (Å²) in [5, 5.41) is 0. The second-order valence-corrected chi connectivity index (χ2v) is 5.67. The number of benzene rings is 2. The van der Waals surface area contributed by atoms with Crippen LogP contribution in [0, 0.1) is 5.82 Å². The maximum absolute atomic E-state index is 13.5. The highest BCUT2D eigenvalue weighted by Gasteiger charge is 2.08. The van der Waals surface area contributed by atoms with Gasteiger partial charge in [0.15, 0.2) is 5.78 Å². The Balaban J connectivity index is 2.30. The zero-order valence-electron chi connectivity index (χ0n) is 9.61. The van der Waals surface area contributed by atoms with E-state index in [0.717, 1.165) is 9.37 Å². The topological polar surface area (TPSA) is 17.1 Å². The van der Waals surface area contributed by atoms with Crippen LogP contribution < -0.4 is 0 Å². The predicted molar refractivity (Wildman–Crippen MR) is 74.7 cm³/mol. The Hall–Kier alpha value is -1.13. The first-order valence-electron chi connectivity index (χ1n) is 5.31. The largest absolute Gasteiger partial charge is 0.295 e. The molecule has 0 saturated heterocycles. The molecule has 0 spiro atoms. The highest BCUT2D eigenvalue weighted by atomic mass is 79.9. The average molecular weight is 325 g/mol. The Bertz CT molecular complexity index is 598. The van der Waals surface area contributed by atoms with Crippen LogP contribution in [0.1, 0.15) is 17.3 Å². The van der Waals surface area contributed by atoms with Gasteiger partial charge >= 0.3 is 0 Å². The fourth-order valence-corrected chi connectivity index (χ4v) is 2.91. The van der Waals surface area contributed by atoms with Crippen molar-refractivity contribution in [3.05, 3.63) is 58.3 Å². The number of carbonyl (C=O) groups excluding carboxylic acids is 1. The van der Waals surface area contributed by atoms with Crippen molar-refractivity contribution >= 4 is 33.5 Å². The van der Waals surface area contributed by atoms with E-state index >= 15 is 0 Å². The van der Waals surface area contributed by atoms with Crippen LogP contribution >= 0.6 is 27.7 Å². The van der Waals surface area contributed by atoms with Gasteiger partial charge in [0, 0.05) is 19.8 Å². The molecule has 0 saturated carbocycles. The second-order valence-electron chi connectivity index (χ2n) is 3.73. The Morgan fingerprint density at radius 1 is 1.17 bits per heavy atom. The molecule has 0 aliphatic heterocycles. The summed E-state index contributed by atoms with van der Waals surface area (Å²) >= 11 is 4.73. The van der Waals surface area contributed by atoms with E-state index in [4.69, 9.17) is 0 Å². The fourth-order valence-electron chi connectivity index (χ4n) is 1.45. The highest BCUT2D eigenvalue weighted by Crippen LogP contribution is 2.35. The molecule has 92 valence electrons. The van der Waals surface area contributed by atoms with E-state index in [-0.39, 0.29) is 11.6 Å². The van der Waals surface area contributed by atoms with Gasteiger partial charge in [-0.15, -0.1) is 0 Å². The quantitative estimate of drug-likeness (QED) is 0.744. The Kier molecular flexibility index (Phi) is 4.19. The molecule has 0 aliphatic rings. The minimum atomic E-state index is -0.245. The normalized spacial score (nSPS) is 10.4. The number of Topliss-reactive ketones (excluding diaryl/α,β-unsaturated/α-hetero) is 1. The van der Waals surface area contributed by atoms with E-state index in [1.54, 1.807) is 30.3 Å². The van der Waals surface area contributed by atoms with E-state index < -0.39 is 0 Å². The van der Waals surface area contributed by atoms with E-state index in [1.807, 2.05) is 6.07 Å². The van der Waals surface area contributed by atoms with E-state index in [2.05, 4.69) is 15.9 Å². The van der Waals surface area contributed by atoms with Crippen LogP contribution in [0.2, 0.25) is 0 Å². The summed E-state index contributed by atoms with van der Waals surface area (Å²) in [5.41, 5.74) is 0.639. The smallest absolute Gasteiger partial charge is 0.159 e. The molecule has 0 fully saturated rings. The van der Waals surface area contributed by atoms with Crippen molar-refractivity contribution in [1.82, 2.24) is 0 Å². The maximum atomic E-state index is 13.5. The first-order valence-corrected chi connectivity index (χ1v) is 6.92. The SMILES string of the molecule is CC(=O)c1ccc(Sc2ccccc2F)c(Br)c1. The third-order valence-corrected chi connectivity index (χ3v) is 4.44. The van der Waals surface area contributed by atoms with Crippen molar-refractivity contribution < 1.29 is 9.18 Å². The Labute approximate surface area is 118 Å². The minimum Gasteiger partial charge on any atom is -0.295 e. The number of halogens is 2. The summed E-state index contributed by atoms with van der Waals surface area (Å²) in [6.45, 7) is 1.52. The number of hydrogen-bond acceptors (Lipinski definition) is 2. The lowest BCUT2D eigenvalue weighted by atomic mass is 10.2. The summed E-state index contributed by atoms with van der Waals surface area (Å²) in [4.78, 5) is 12.7. The molecule has 0 N–H and O–H groups in total. The first kappa shape index (κ1) is 13.3. The molecule has 0 aromatic heterocycles. The third-order valence-electron chi connectivity index (χ3n) is 2.39. The average Bonchev–Trinajstić information content (AvgIpc) is 2.34. The summed E-state index contributed by atoms with van der Waals surface area (Å²) in [6.07, 6.45) is 0. The van der Waals surface area contributed by atoms with Crippen molar-refractivity contribution in [2.24, 2.45) is 0 Å². The zero-order valence-corrected chi connectivity index (χ0v) is 12.0. The predicted octanol–water partition coefficient (Wildman–Crippen LogP) is 4.94. The Morgan fingerprint density at radius 2 is 1.89 bits per heavy atom. The van der Waals surface area contributed by atoms with Gasteiger partial charge in [0.05, 0.1) is 0 Å². The van der Waals surface area contributed by atoms with Crippen LogP contribution in [-0.4, -0.2) is 5.78 Å². The maximum Gasteiger partial charge on any atom is 0.159 e. The first-order chi connectivity index (χ1) is 8.58. The standard InChI is InChI=1S/C14H10BrFOS/c1-9(17)10-6-7-13(11(15)8-10)18-14-5-3-2-4-12(14)16/h2-8H,1H3. The van der Waals surface area contributed by atoms with E-state index in [1.165, 1.54) is 24.8 Å². The van der Waals surface area contributed by atoms with Crippen LogP contribution in [0.4, 0.5) is 4.39 Å². The molecule has 0 heterocycles. The highest BCUT2D eigenvalue weighted by molar-refractivity contribution is 9.10. The summed E-state index contributed by atoms with van der Waals surface area (Å²) in [5.74, 6) is -0.233. The lowest BCUT2D eigenvalue weighted by Crippen LogP contribution is -1.91. The molecular weight excluding hydrogens is 315 g/mol. The lowest BCUT2D eigenvalue weighted by molar-refractivity contribution is 0.101. The van der Waals surface area contributed by atoms with Gasteiger partial charge < -0.3 is 0 Å². The summed E-state index contributed by atoms with van der Waals surface area (Å²) in [6, 6.07) is 11.9. The molecular formula is C14H10BrFOS. The summed E-state index contributed by atoms with van der Waals surface area (Å²) in [7, 11) is 0. The number of rotatable bonds is 3. The van der Waals surface area contributed by atoms with Gasteiger partial charge in [-0.3, -0.25) is 4.79 Å². The van der Waals surface area contributed by atoms with Gasteiger partial charge in [0.2, 0.25) is 0 Å². The molecule has 0 amide bonds. The van der Waals surface area contributed by atoms with Gasteiger partial charge in [0.25, 0.3) is 0 Å². The Morgan fingerprint density at radius 3 is 2.50 bits per heavy atom. The minimum absolute atomic E-state index is 0.0122. The molecule has 0 aliphatic carbocycles. The number of carbonyl (C=O) groups is 1. The molecule has 18 heavy (non-hydrogen) atoms. The van der Waals surface area contributed by atoms with Gasteiger partial charge in [-0.25, -0.2) is 4.39 Å². The molecule has 0 atom stereocenters. The monoisotopic (exact) mass is 324 g/mol. The van der Waals surface area contributed by atoms with Crippen molar-refractivity contribution in [3.8, 4) is 0 Å². The molecule has 0 unspecified atom stereocenters. The third kappa shape index (κ3) is 3.00. The molecule has 2 aromatic carbocycles. The van der Waals surface area contributed by atoms with Crippen LogP contribution in [0.3, 0.4) is 0 Å². The van der Waals surface area contributed by atoms with Crippen molar-refractivity contribution in [2.45, 2.75) is 16.7 Å². The van der Waals surface area contributed by atoms with E-state index in [9.17, 15) is 9.18 Å². The molecule has 0 bridgehead atoms. The van der Waals surface area contributed by atoms with Crippen LogP contribution in [0.25, 0.3) is 0 Å². The van der Waals surface area contributed by atoms with Crippen molar-refractivity contribution in [3.63, 3.8) is 0 Å². The molecule has 4 heteroatoms. The lowest BCUT2D eigenvalue weighted by Gasteiger charge is -2.06. The molecule has 0 radical (unpaired) electrons. The second kappa shape index (κ2) is 5.67. The van der Waals surface area contributed by atoms with Crippen molar-refractivity contribution in [1.29, 1.82) is 0 Å². The van der Waals surface area contributed by atoms with Crippen molar-refractivity contribution in [2.75, 3.05) is 0 Å². The molecule has 2 aromatic rings. The van der Waals surface area contributed by atoms with Gasteiger partial charge in [-0.05, 0) is 47.1 Å². The molecule has 2 rings (SSSR count). The fraction of sp³-hybridized carbons (Fsp3) is 0.0714. The van der Waals surface area contributed by atoms with Gasteiger partial charge in [-0.2, -0.15) is 0 Å². The van der Waals surface area contributed by atoms with Crippen LogP contribution in [-0.2, 0) is 0 Å². The number of hydrogen-bond donors (Lipinski definition) is 0. The van der Waals surface area contributed by atoms with E-state index in [0.29, 0.717) is 10.5 Å². The van der Waals surface area contributed by atoms with Crippen LogP contribution in [0.15, 0.2) is 56.7 Å². The zero-order chi connectivity index (χ0) is 13.1.